The number of hydrogen-bond acceptors (Lipinski definition) is 5. The van der Waals surface area contributed by atoms with Crippen LogP contribution in [-0.4, -0.2) is 48.9 Å². The van der Waals surface area contributed by atoms with Crippen molar-refractivity contribution in [3.05, 3.63) is 42.1 Å². The number of fused-ring (bicyclic) bond motifs is 1. The van der Waals surface area contributed by atoms with Gasteiger partial charge in [-0.05, 0) is 30.3 Å². The zero-order chi connectivity index (χ0) is 15.6. The fourth-order valence-electron chi connectivity index (χ4n) is 2.70. The van der Waals surface area contributed by atoms with Crippen molar-refractivity contribution in [2.24, 2.45) is 0 Å². The van der Waals surface area contributed by atoms with Gasteiger partial charge in [0, 0.05) is 24.8 Å². The number of benzene rings is 1. The van der Waals surface area contributed by atoms with Gasteiger partial charge in [0.2, 0.25) is 6.79 Å². The van der Waals surface area contributed by atoms with Crippen molar-refractivity contribution in [1.82, 2.24) is 9.88 Å². The summed E-state index contributed by atoms with van der Waals surface area (Å²) in [7, 11) is 0. The monoisotopic (exact) mass is 312 g/mol. The Kier molecular flexibility index (Phi) is 3.59. The minimum absolute atomic E-state index is 0.00182. The van der Waals surface area contributed by atoms with Crippen molar-refractivity contribution in [2.45, 2.75) is 0 Å². The van der Waals surface area contributed by atoms with E-state index in [1.54, 1.807) is 11.1 Å². The summed E-state index contributed by atoms with van der Waals surface area (Å²) in [6, 6.07) is 9.36. The molecule has 1 saturated heterocycles. The van der Waals surface area contributed by atoms with Crippen LogP contribution in [0, 0.1) is 0 Å². The van der Waals surface area contributed by atoms with Crippen LogP contribution in [0.1, 0.15) is 10.4 Å². The van der Waals surface area contributed by atoms with E-state index in [1.165, 1.54) is 0 Å². The first-order valence-electron chi connectivity index (χ1n) is 7.54. The molecule has 4 rings (SSSR count). The maximum absolute atomic E-state index is 12.4. The van der Waals surface area contributed by atoms with Gasteiger partial charge in [-0.3, -0.25) is 9.78 Å². The zero-order valence-electron chi connectivity index (χ0n) is 12.5. The molecule has 0 atom stereocenters. The molecule has 0 spiro atoms. The summed E-state index contributed by atoms with van der Waals surface area (Å²) in [5, 5.41) is 0. The van der Waals surface area contributed by atoms with E-state index in [1.807, 2.05) is 30.3 Å². The third-order valence-electron chi connectivity index (χ3n) is 3.98. The normalized spacial score (nSPS) is 16.4. The minimum Gasteiger partial charge on any atom is -0.454 e. The van der Waals surface area contributed by atoms with Gasteiger partial charge in [0.25, 0.3) is 5.91 Å². The second-order valence-electron chi connectivity index (χ2n) is 5.40. The molecule has 0 radical (unpaired) electrons. The van der Waals surface area contributed by atoms with E-state index in [9.17, 15) is 4.79 Å². The number of morpholine rings is 1. The summed E-state index contributed by atoms with van der Waals surface area (Å²) in [6.45, 7) is 2.69. The average molecular weight is 312 g/mol. The Morgan fingerprint density at radius 2 is 1.87 bits per heavy atom. The first kappa shape index (κ1) is 14.0. The molecular weight excluding hydrogens is 296 g/mol. The molecule has 3 heterocycles. The van der Waals surface area contributed by atoms with E-state index in [0.717, 1.165) is 22.8 Å². The van der Waals surface area contributed by atoms with Gasteiger partial charge in [0.05, 0.1) is 24.5 Å². The van der Waals surface area contributed by atoms with Crippen LogP contribution >= 0.6 is 0 Å². The number of ether oxygens (including phenoxy) is 3. The van der Waals surface area contributed by atoms with Gasteiger partial charge in [-0.25, -0.2) is 0 Å². The molecule has 1 aromatic heterocycles. The van der Waals surface area contributed by atoms with Crippen LogP contribution in [0.5, 0.6) is 11.5 Å². The van der Waals surface area contributed by atoms with Gasteiger partial charge in [-0.2, -0.15) is 0 Å². The maximum atomic E-state index is 12.4. The van der Waals surface area contributed by atoms with Crippen LogP contribution in [0.15, 0.2) is 36.5 Å². The topological polar surface area (TPSA) is 60.9 Å². The second-order valence-corrected chi connectivity index (χ2v) is 5.40. The lowest BCUT2D eigenvalue weighted by Gasteiger charge is -2.26. The maximum Gasteiger partial charge on any atom is 0.255 e. The Morgan fingerprint density at radius 1 is 1.04 bits per heavy atom. The molecule has 0 bridgehead atoms. The fourth-order valence-corrected chi connectivity index (χ4v) is 2.70. The lowest BCUT2D eigenvalue weighted by molar-refractivity contribution is 0.0302. The highest BCUT2D eigenvalue weighted by Crippen LogP contribution is 2.35. The van der Waals surface area contributed by atoms with Crippen LogP contribution in [0.4, 0.5) is 0 Å². The molecule has 2 aliphatic heterocycles. The van der Waals surface area contributed by atoms with Crippen molar-refractivity contribution in [2.75, 3.05) is 33.1 Å². The molecule has 6 heteroatoms. The fraction of sp³-hybridized carbons (Fsp3) is 0.294. The van der Waals surface area contributed by atoms with Crippen LogP contribution in [0.2, 0.25) is 0 Å². The number of hydrogen-bond donors (Lipinski definition) is 0. The molecule has 6 nitrogen and oxygen atoms in total. The zero-order valence-corrected chi connectivity index (χ0v) is 12.5. The van der Waals surface area contributed by atoms with Gasteiger partial charge in [-0.15, -0.1) is 0 Å². The molecule has 0 unspecified atom stereocenters. The number of carbonyl (C=O) groups is 1. The van der Waals surface area contributed by atoms with Crippen LogP contribution in [0.25, 0.3) is 11.3 Å². The summed E-state index contributed by atoms with van der Waals surface area (Å²) >= 11 is 0. The molecule has 1 amide bonds. The summed E-state index contributed by atoms with van der Waals surface area (Å²) in [5.74, 6) is 1.46. The number of rotatable bonds is 2. The minimum atomic E-state index is -0.00182. The third kappa shape index (κ3) is 2.73. The van der Waals surface area contributed by atoms with Gasteiger partial charge in [0.1, 0.15) is 0 Å². The predicted octanol–water partition coefficient (Wildman–Crippen LogP) is 1.95. The number of carbonyl (C=O) groups excluding carboxylic acids is 1. The smallest absolute Gasteiger partial charge is 0.255 e. The van der Waals surface area contributed by atoms with Gasteiger partial charge >= 0.3 is 0 Å². The van der Waals surface area contributed by atoms with E-state index >= 15 is 0 Å². The van der Waals surface area contributed by atoms with E-state index in [2.05, 4.69) is 4.98 Å². The summed E-state index contributed by atoms with van der Waals surface area (Å²) in [4.78, 5) is 18.6. The second kappa shape index (κ2) is 5.89. The summed E-state index contributed by atoms with van der Waals surface area (Å²) < 4.78 is 16.0. The van der Waals surface area contributed by atoms with Crippen LogP contribution in [0.3, 0.4) is 0 Å². The largest absolute Gasteiger partial charge is 0.454 e. The molecule has 1 fully saturated rings. The predicted molar refractivity (Wildman–Crippen MR) is 82.5 cm³/mol. The van der Waals surface area contributed by atoms with Gasteiger partial charge < -0.3 is 19.1 Å². The highest BCUT2D eigenvalue weighted by molar-refractivity contribution is 5.94. The molecule has 0 saturated carbocycles. The third-order valence-corrected chi connectivity index (χ3v) is 3.98. The standard InChI is InChI=1S/C17H16N2O4/c20-17(19-5-7-21-8-6-19)13-1-3-14(18-10-13)12-2-4-15-16(9-12)23-11-22-15/h1-4,9-10H,5-8,11H2. The van der Waals surface area contributed by atoms with Crippen molar-refractivity contribution in [3.63, 3.8) is 0 Å². The Labute approximate surface area is 133 Å². The Hall–Kier alpha value is -2.60. The Bertz CT molecular complexity index is 724. The summed E-state index contributed by atoms with van der Waals surface area (Å²) in [5.41, 5.74) is 2.32. The molecule has 0 N–H and O–H groups in total. The highest BCUT2D eigenvalue weighted by atomic mass is 16.7. The van der Waals surface area contributed by atoms with Crippen molar-refractivity contribution in [1.29, 1.82) is 0 Å². The molecule has 0 aliphatic carbocycles. The Balaban J connectivity index is 1.54. The van der Waals surface area contributed by atoms with Crippen molar-refractivity contribution in [3.8, 4) is 22.8 Å². The van der Waals surface area contributed by atoms with E-state index < -0.39 is 0 Å². The SMILES string of the molecule is O=C(c1ccc(-c2ccc3c(c2)OCO3)nc1)N1CCOCC1. The molecule has 1 aromatic carbocycles. The van der Waals surface area contributed by atoms with E-state index in [-0.39, 0.29) is 12.7 Å². The highest BCUT2D eigenvalue weighted by Gasteiger charge is 2.19. The van der Waals surface area contributed by atoms with E-state index in [4.69, 9.17) is 14.2 Å². The number of aromatic nitrogens is 1. The van der Waals surface area contributed by atoms with Crippen molar-refractivity contribution >= 4 is 5.91 Å². The van der Waals surface area contributed by atoms with Gasteiger partial charge in [-0.1, -0.05) is 0 Å². The molecule has 118 valence electrons. The van der Waals surface area contributed by atoms with Crippen LogP contribution < -0.4 is 9.47 Å². The van der Waals surface area contributed by atoms with Gasteiger partial charge in [0.15, 0.2) is 11.5 Å². The average Bonchev–Trinajstić information content (AvgIpc) is 3.10. The Morgan fingerprint density at radius 3 is 2.65 bits per heavy atom. The van der Waals surface area contributed by atoms with E-state index in [0.29, 0.717) is 31.9 Å². The number of amides is 1. The molecular formula is C17H16N2O4. The number of nitrogens with zero attached hydrogens (tertiary/aromatic N) is 2. The van der Waals surface area contributed by atoms with Crippen LogP contribution in [-0.2, 0) is 4.74 Å². The quantitative estimate of drug-likeness (QED) is 0.848. The van der Waals surface area contributed by atoms with Crippen molar-refractivity contribution < 1.29 is 19.0 Å². The number of pyridine rings is 1. The lowest BCUT2D eigenvalue weighted by atomic mass is 10.1. The first-order valence-corrected chi connectivity index (χ1v) is 7.54. The molecule has 2 aliphatic rings. The molecule has 2 aromatic rings. The summed E-state index contributed by atoms with van der Waals surface area (Å²) in [6.07, 6.45) is 1.62. The molecule has 23 heavy (non-hydrogen) atoms. The lowest BCUT2D eigenvalue weighted by Crippen LogP contribution is -2.40. The first-order chi connectivity index (χ1) is 11.3.